The molecule has 0 aromatic heterocycles. The first-order chi connectivity index (χ1) is 9.83. The van der Waals surface area contributed by atoms with Crippen molar-refractivity contribution < 1.29 is 15.0 Å². The van der Waals surface area contributed by atoms with Gasteiger partial charge >= 0.3 is 5.97 Å². The number of hydrogen-bond acceptors (Lipinski definition) is 3. The minimum atomic E-state index is -0.835. The number of carboxylic acids is 1. The van der Waals surface area contributed by atoms with Crippen molar-refractivity contribution in [3.8, 4) is 0 Å². The molecule has 0 radical (unpaired) electrons. The van der Waals surface area contributed by atoms with Crippen LogP contribution in [0, 0.1) is 5.41 Å². The van der Waals surface area contributed by atoms with E-state index in [1.807, 2.05) is 30.3 Å². The molecule has 3 N–H and O–H groups in total. The van der Waals surface area contributed by atoms with Gasteiger partial charge in [0.15, 0.2) is 0 Å². The summed E-state index contributed by atoms with van der Waals surface area (Å²) in [5.41, 5.74) is 1.11. The Morgan fingerprint density at radius 2 is 1.81 bits per heavy atom. The van der Waals surface area contributed by atoms with Crippen molar-refractivity contribution in [3.05, 3.63) is 35.9 Å². The fraction of sp³-hybridized carbons (Fsp3) is 0.588. The highest BCUT2D eigenvalue weighted by atomic mass is 16.4. The van der Waals surface area contributed by atoms with E-state index < -0.39 is 12.0 Å². The van der Waals surface area contributed by atoms with Gasteiger partial charge in [0.25, 0.3) is 0 Å². The lowest BCUT2D eigenvalue weighted by Gasteiger charge is -2.26. The van der Waals surface area contributed by atoms with Crippen LogP contribution < -0.4 is 5.32 Å². The topological polar surface area (TPSA) is 69.6 Å². The average molecular weight is 293 g/mol. The molecule has 2 atom stereocenters. The molecule has 0 bridgehead atoms. The van der Waals surface area contributed by atoms with Crippen molar-refractivity contribution in [1.29, 1.82) is 0 Å². The molecule has 0 fully saturated rings. The minimum Gasteiger partial charge on any atom is -0.480 e. The highest BCUT2D eigenvalue weighted by molar-refractivity contribution is 5.73. The summed E-state index contributed by atoms with van der Waals surface area (Å²) >= 11 is 0. The van der Waals surface area contributed by atoms with Gasteiger partial charge in [-0.1, -0.05) is 51.1 Å². The highest BCUT2D eigenvalue weighted by Crippen LogP contribution is 2.23. The van der Waals surface area contributed by atoms with E-state index in [2.05, 4.69) is 26.1 Å². The molecular weight excluding hydrogens is 266 g/mol. The molecule has 1 rings (SSSR count). The summed E-state index contributed by atoms with van der Waals surface area (Å²) in [5, 5.41) is 21.8. The van der Waals surface area contributed by atoms with E-state index in [1.54, 1.807) is 0 Å². The van der Waals surface area contributed by atoms with E-state index in [0.717, 1.165) is 12.0 Å². The first-order valence-corrected chi connectivity index (χ1v) is 7.48. The fourth-order valence-corrected chi connectivity index (χ4v) is 2.26. The second kappa shape index (κ2) is 8.15. The Morgan fingerprint density at radius 3 is 2.29 bits per heavy atom. The quantitative estimate of drug-likeness (QED) is 0.689. The highest BCUT2D eigenvalue weighted by Gasteiger charge is 2.24. The zero-order valence-corrected chi connectivity index (χ0v) is 13.2. The molecule has 4 heteroatoms. The molecule has 0 amide bonds. The van der Waals surface area contributed by atoms with Crippen LogP contribution in [0.2, 0.25) is 0 Å². The van der Waals surface area contributed by atoms with Crippen molar-refractivity contribution in [2.75, 3.05) is 6.61 Å². The van der Waals surface area contributed by atoms with Crippen LogP contribution in [0.25, 0.3) is 0 Å². The zero-order valence-electron chi connectivity index (χ0n) is 13.2. The summed E-state index contributed by atoms with van der Waals surface area (Å²) < 4.78 is 0. The first-order valence-electron chi connectivity index (χ1n) is 7.48. The predicted octanol–water partition coefficient (Wildman–Crippen LogP) is 2.98. The van der Waals surface area contributed by atoms with Crippen LogP contribution >= 0.6 is 0 Å². The Kier molecular flexibility index (Phi) is 6.85. The Bertz CT molecular complexity index is 425. The van der Waals surface area contributed by atoms with Gasteiger partial charge in [0.1, 0.15) is 6.04 Å². The number of nitrogens with one attached hydrogen (secondary N) is 1. The maximum absolute atomic E-state index is 11.5. The third-order valence-electron chi connectivity index (χ3n) is 3.50. The standard InChI is InChI=1S/C17H27NO3/c1-17(2,3)11-9-15(16(20)21)18-14(10-12-19)13-7-5-4-6-8-13/h4-8,14-15,18-19H,9-12H2,1-3H3,(H,20,21)/t14-,15+/m1/s1. The summed E-state index contributed by atoms with van der Waals surface area (Å²) in [4.78, 5) is 11.5. The Balaban J connectivity index is 2.76. The lowest BCUT2D eigenvalue weighted by molar-refractivity contribution is -0.140. The fourth-order valence-electron chi connectivity index (χ4n) is 2.26. The number of aliphatic hydroxyl groups excluding tert-OH is 1. The third-order valence-corrected chi connectivity index (χ3v) is 3.50. The van der Waals surface area contributed by atoms with E-state index in [1.165, 1.54) is 0 Å². The lowest BCUT2D eigenvalue weighted by atomic mass is 9.88. The molecule has 0 heterocycles. The molecular formula is C17H27NO3. The van der Waals surface area contributed by atoms with Crippen molar-refractivity contribution >= 4 is 5.97 Å². The van der Waals surface area contributed by atoms with Crippen LogP contribution in [-0.4, -0.2) is 28.8 Å². The lowest BCUT2D eigenvalue weighted by Crippen LogP contribution is -2.40. The number of hydrogen-bond donors (Lipinski definition) is 3. The van der Waals surface area contributed by atoms with Crippen LogP contribution in [0.5, 0.6) is 0 Å². The molecule has 0 aliphatic rings. The maximum Gasteiger partial charge on any atom is 0.320 e. The predicted molar refractivity (Wildman–Crippen MR) is 84.1 cm³/mol. The summed E-state index contributed by atoms with van der Waals surface area (Å²) in [5.74, 6) is -0.835. The van der Waals surface area contributed by atoms with E-state index in [9.17, 15) is 15.0 Å². The molecule has 0 aliphatic heterocycles. The SMILES string of the molecule is CC(C)(C)CC[C@H](N[C@H](CCO)c1ccccc1)C(=O)O. The van der Waals surface area contributed by atoms with Crippen LogP contribution in [-0.2, 0) is 4.79 Å². The van der Waals surface area contributed by atoms with Gasteiger partial charge in [-0.05, 0) is 30.2 Å². The summed E-state index contributed by atoms with van der Waals surface area (Å²) in [6, 6.07) is 8.94. The minimum absolute atomic E-state index is 0.0260. The van der Waals surface area contributed by atoms with E-state index in [4.69, 9.17) is 0 Å². The molecule has 0 saturated heterocycles. The van der Waals surface area contributed by atoms with Crippen LogP contribution in [0.4, 0.5) is 0 Å². The molecule has 1 aromatic carbocycles. The van der Waals surface area contributed by atoms with Gasteiger partial charge in [-0.3, -0.25) is 10.1 Å². The van der Waals surface area contributed by atoms with Crippen molar-refractivity contribution in [2.45, 2.75) is 52.1 Å². The molecule has 1 aromatic rings. The van der Waals surface area contributed by atoms with E-state index in [-0.39, 0.29) is 18.1 Å². The first kappa shape index (κ1) is 17.7. The smallest absolute Gasteiger partial charge is 0.320 e. The Morgan fingerprint density at radius 1 is 1.19 bits per heavy atom. The van der Waals surface area contributed by atoms with Crippen molar-refractivity contribution in [1.82, 2.24) is 5.32 Å². The van der Waals surface area contributed by atoms with Gasteiger partial charge in [0.2, 0.25) is 0 Å². The van der Waals surface area contributed by atoms with Gasteiger partial charge in [0.05, 0.1) is 0 Å². The largest absolute Gasteiger partial charge is 0.480 e. The van der Waals surface area contributed by atoms with Gasteiger partial charge in [-0.25, -0.2) is 0 Å². The zero-order chi connectivity index (χ0) is 15.9. The average Bonchev–Trinajstić information content (AvgIpc) is 2.41. The normalized spacial score (nSPS) is 14.7. The number of rotatable bonds is 8. The molecule has 118 valence electrons. The van der Waals surface area contributed by atoms with E-state index in [0.29, 0.717) is 12.8 Å². The molecule has 0 unspecified atom stereocenters. The molecule has 0 saturated carbocycles. The number of aliphatic carboxylic acids is 1. The van der Waals surface area contributed by atoms with Gasteiger partial charge in [-0.15, -0.1) is 0 Å². The second-order valence-corrected chi connectivity index (χ2v) is 6.63. The van der Waals surface area contributed by atoms with Gasteiger partial charge in [-0.2, -0.15) is 0 Å². The Labute approximate surface area is 127 Å². The summed E-state index contributed by atoms with van der Waals surface area (Å²) in [6.07, 6.45) is 1.91. The number of carboxylic acid groups (broad SMARTS) is 1. The monoisotopic (exact) mass is 293 g/mol. The Hall–Kier alpha value is -1.39. The van der Waals surface area contributed by atoms with E-state index >= 15 is 0 Å². The van der Waals surface area contributed by atoms with Gasteiger partial charge in [0, 0.05) is 12.6 Å². The van der Waals surface area contributed by atoms with Crippen LogP contribution in [0.15, 0.2) is 30.3 Å². The second-order valence-electron chi connectivity index (χ2n) is 6.63. The third kappa shape index (κ3) is 6.74. The number of aliphatic hydroxyl groups is 1. The molecule has 21 heavy (non-hydrogen) atoms. The molecule has 0 aliphatic carbocycles. The van der Waals surface area contributed by atoms with Crippen molar-refractivity contribution in [3.63, 3.8) is 0 Å². The van der Waals surface area contributed by atoms with Crippen molar-refractivity contribution in [2.24, 2.45) is 5.41 Å². The molecule has 0 spiro atoms. The maximum atomic E-state index is 11.5. The number of benzene rings is 1. The number of carbonyl (C=O) groups is 1. The van der Waals surface area contributed by atoms with Gasteiger partial charge < -0.3 is 10.2 Å². The van der Waals surface area contributed by atoms with Crippen LogP contribution in [0.3, 0.4) is 0 Å². The molecule has 4 nitrogen and oxygen atoms in total. The van der Waals surface area contributed by atoms with Crippen LogP contribution in [0.1, 0.15) is 51.6 Å². The summed E-state index contributed by atoms with van der Waals surface area (Å²) in [7, 11) is 0. The summed E-state index contributed by atoms with van der Waals surface area (Å²) in [6.45, 7) is 6.34.